The van der Waals surface area contributed by atoms with Crippen LogP contribution in [0.1, 0.15) is 29.9 Å². The molecule has 0 unspecified atom stereocenters. The van der Waals surface area contributed by atoms with Gasteiger partial charge in [0, 0.05) is 48.1 Å². The number of aromatic nitrogens is 5. The average Bonchev–Trinajstić information content (AvgIpc) is 3.56. The molecule has 0 saturated carbocycles. The Balaban J connectivity index is 1.06. The predicted octanol–water partition coefficient (Wildman–Crippen LogP) is 5.70. The molecule has 0 aliphatic carbocycles. The fourth-order valence-corrected chi connectivity index (χ4v) is 5.69. The molecule has 2 aliphatic heterocycles. The normalized spacial score (nSPS) is 16.1. The van der Waals surface area contributed by atoms with Crippen LogP contribution in [0.15, 0.2) is 84.1 Å². The van der Waals surface area contributed by atoms with E-state index in [0.717, 1.165) is 72.7 Å². The summed E-state index contributed by atoms with van der Waals surface area (Å²) in [5.74, 6) is 1.91. The Hall–Kier alpha value is -4.23. The van der Waals surface area contributed by atoms with Crippen LogP contribution >= 0.6 is 0 Å². The van der Waals surface area contributed by atoms with Crippen LogP contribution in [-0.2, 0) is 13.0 Å². The topological polar surface area (TPSA) is 71.6 Å². The van der Waals surface area contributed by atoms with Gasteiger partial charge in [-0.25, -0.2) is 9.50 Å². The van der Waals surface area contributed by atoms with Gasteiger partial charge in [-0.2, -0.15) is 10.1 Å². The van der Waals surface area contributed by atoms with Crippen LogP contribution in [0.25, 0.3) is 28.2 Å². The highest BCUT2D eigenvalue weighted by Crippen LogP contribution is 2.33. The highest BCUT2D eigenvalue weighted by atomic mass is 15.3. The first-order chi connectivity index (χ1) is 18.7. The summed E-state index contributed by atoms with van der Waals surface area (Å²) in [7, 11) is 0. The minimum atomic E-state index is 0.570. The van der Waals surface area contributed by atoms with E-state index in [1.54, 1.807) is 4.52 Å². The number of fused-ring (bicyclic) bond motifs is 2. The zero-order valence-corrected chi connectivity index (χ0v) is 21.5. The maximum Gasteiger partial charge on any atom is 0.252 e. The number of nitrogens with zero attached hydrogens (tertiary/aromatic N) is 7. The van der Waals surface area contributed by atoms with Gasteiger partial charge < -0.3 is 0 Å². The van der Waals surface area contributed by atoms with Crippen molar-refractivity contribution in [3.63, 3.8) is 0 Å². The lowest BCUT2D eigenvalue weighted by atomic mass is 9.90. The summed E-state index contributed by atoms with van der Waals surface area (Å²) in [5, 5.41) is 4.48. The number of aryl methyl sites for hydroxylation is 1. The number of pyridine rings is 1. The fraction of sp³-hybridized carbons (Fsp3) is 0.258. The largest absolute Gasteiger partial charge is 0.299 e. The first-order valence-electron chi connectivity index (χ1n) is 13.3. The molecule has 0 radical (unpaired) electrons. The third-order valence-electron chi connectivity index (χ3n) is 7.69. The van der Waals surface area contributed by atoms with Crippen molar-refractivity contribution in [2.75, 3.05) is 13.1 Å². The second kappa shape index (κ2) is 9.58. The minimum Gasteiger partial charge on any atom is -0.299 e. The summed E-state index contributed by atoms with van der Waals surface area (Å²) < 4.78 is 1.77. The number of hydrogen-bond donors (Lipinski definition) is 0. The average molecular weight is 500 g/mol. The van der Waals surface area contributed by atoms with E-state index >= 15 is 0 Å². The Morgan fingerprint density at radius 1 is 0.868 bits per heavy atom. The predicted molar refractivity (Wildman–Crippen MR) is 149 cm³/mol. The van der Waals surface area contributed by atoms with Crippen molar-refractivity contribution in [3.8, 4) is 22.4 Å². The van der Waals surface area contributed by atoms with Crippen LogP contribution in [0.3, 0.4) is 0 Å². The van der Waals surface area contributed by atoms with E-state index in [0.29, 0.717) is 17.5 Å². The Kier molecular flexibility index (Phi) is 5.78. The smallest absolute Gasteiger partial charge is 0.252 e. The van der Waals surface area contributed by atoms with Crippen LogP contribution < -0.4 is 0 Å². The summed E-state index contributed by atoms with van der Waals surface area (Å²) in [5.41, 5.74) is 9.01. The molecule has 1 fully saturated rings. The summed E-state index contributed by atoms with van der Waals surface area (Å²) in [6.45, 7) is 5.05. The van der Waals surface area contributed by atoms with E-state index in [1.165, 1.54) is 11.3 Å². The second-order valence-electron chi connectivity index (χ2n) is 10.3. The Morgan fingerprint density at radius 2 is 1.68 bits per heavy atom. The van der Waals surface area contributed by atoms with E-state index in [2.05, 4.69) is 74.6 Å². The summed E-state index contributed by atoms with van der Waals surface area (Å²) in [6.07, 6.45) is 7.15. The van der Waals surface area contributed by atoms with E-state index in [1.807, 2.05) is 31.5 Å². The van der Waals surface area contributed by atoms with Gasteiger partial charge in [0.2, 0.25) is 0 Å². The Morgan fingerprint density at radius 3 is 2.47 bits per heavy atom. The van der Waals surface area contributed by atoms with Gasteiger partial charge in [0.05, 0.1) is 17.1 Å². The van der Waals surface area contributed by atoms with E-state index in [4.69, 9.17) is 9.98 Å². The van der Waals surface area contributed by atoms with Gasteiger partial charge >= 0.3 is 0 Å². The lowest BCUT2D eigenvalue weighted by Crippen LogP contribution is -2.36. The van der Waals surface area contributed by atoms with Crippen LogP contribution in [0.2, 0.25) is 0 Å². The maximum atomic E-state index is 4.91. The molecule has 5 aromatic rings. The van der Waals surface area contributed by atoms with Gasteiger partial charge in [-0.15, -0.1) is 0 Å². The zero-order chi connectivity index (χ0) is 25.5. The van der Waals surface area contributed by atoms with Gasteiger partial charge in [0.25, 0.3) is 5.78 Å². The molecule has 7 rings (SSSR count). The Bertz CT molecular complexity index is 1630. The molecule has 38 heavy (non-hydrogen) atoms. The van der Waals surface area contributed by atoms with Crippen molar-refractivity contribution in [1.82, 2.24) is 29.5 Å². The van der Waals surface area contributed by atoms with Crippen molar-refractivity contribution < 1.29 is 0 Å². The van der Waals surface area contributed by atoms with Crippen molar-refractivity contribution >= 4 is 17.2 Å². The maximum absolute atomic E-state index is 4.91. The third kappa shape index (κ3) is 4.39. The molecule has 3 aromatic heterocycles. The molecular formula is C31H29N7. The van der Waals surface area contributed by atoms with Gasteiger partial charge in [-0.1, -0.05) is 54.6 Å². The summed E-state index contributed by atoms with van der Waals surface area (Å²) in [6, 6.07) is 23.3. The molecule has 0 bridgehead atoms. The van der Waals surface area contributed by atoms with Crippen molar-refractivity contribution in [2.45, 2.75) is 32.7 Å². The standard InChI is InChI=1S/C31H29N7/c1-21-33-31-35-30(26(20-38(31)36-21)23-6-3-2-4-7-23)25-11-9-22(10-12-25)19-37-16-13-24(14-17-37)28-18-29-27(34-28)8-5-15-32-29/h2-12,15,20,24H,13-14,16-19H2,1H3. The quantitative estimate of drug-likeness (QED) is 0.310. The molecule has 5 heterocycles. The zero-order valence-electron chi connectivity index (χ0n) is 21.5. The number of likely N-dealkylation sites (tertiary alicyclic amines) is 1. The van der Waals surface area contributed by atoms with Crippen LogP contribution in [0.5, 0.6) is 0 Å². The number of rotatable bonds is 5. The lowest BCUT2D eigenvalue weighted by molar-refractivity contribution is 0.201. The number of hydrogen-bond acceptors (Lipinski definition) is 6. The van der Waals surface area contributed by atoms with E-state index < -0.39 is 0 Å². The van der Waals surface area contributed by atoms with Gasteiger partial charge in [-0.3, -0.25) is 14.9 Å². The van der Waals surface area contributed by atoms with E-state index in [9.17, 15) is 0 Å². The minimum absolute atomic E-state index is 0.570. The molecule has 0 N–H and O–H groups in total. The SMILES string of the molecule is Cc1nc2nc(-c3ccc(CN4CCC(C5=Nc6cccnc6C5)CC4)cc3)c(-c3ccccc3)cn2n1. The van der Waals surface area contributed by atoms with E-state index in [-0.39, 0.29) is 0 Å². The molecule has 188 valence electrons. The molecule has 7 heteroatoms. The molecular weight excluding hydrogens is 470 g/mol. The lowest BCUT2D eigenvalue weighted by Gasteiger charge is -2.32. The van der Waals surface area contributed by atoms with Crippen LogP contribution in [0.4, 0.5) is 5.69 Å². The summed E-state index contributed by atoms with van der Waals surface area (Å²) >= 11 is 0. The third-order valence-corrected chi connectivity index (χ3v) is 7.69. The molecule has 0 spiro atoms. The molecule has 7 nitrogen and oxygen atoms in total. The first kappa shape index (κ1) is 22.9. The fourth-order valence-electron chi connectivity index (χ4n) is 5.69. The monoisotopic (exact) mass is 499 g/mol. The number of piperidine rings is 1. The Labute approximate surface area is 221 Å². The first-order valence-corrected chi connectivity index (χ1v) is 13.3. The highest BCUT2D eigenvalue weighted by molar-refractivity contribution is 5.95. The summed E-state index contributed by atoms with van der Waals surface area (Å²) in [4.78, 5) is 21.4. The van der Waals surface area contributed by atoms with Crippen molar-refractivity contribution in [1.29, 1.82) is 0 Å². The van der Waals surface area contributed by atoms with Crippen LogP contribution in [-0.4, -0.2) is 48.3 Å². The van der Waals surface area contributed by atoms with Crippen molar-refractivity contribution in [3.05, 3.63) is 96.2 Å². The van der Waals surface area contributed by atoms with Crippen molar-refractivity contribution in [2.24, 2.45) is 10.9 Å². The second-order valence-corrected chi connectivity index (χ2v) is 10.3. The molecule has 2 aliphatic rings. The molecule has 0 atom stereocenters. The molecule has 0 amide bonds. The van der Waals surface area contributed by atoms with Gasteiger partial charge in [0.15, 0.2) is 0 Å². The number of benzene rings is 2. The van der Waals surface area contributed by atoms with Gasteiger partial charge in [-0.05, 0) is 56.1 Å². The van der Waals surface area contributed by atoms with Crippen LogP contribution in [0, 0.1) is 12.8 Å². The molecule has 1 saturated heterocycles. The highest BCUT2D eigenvalue weighted by Gasteiger charge is 2.27. The molecule has 2 aromatic carbocycles. The van der Waals surface area contributed by atoms with Gasteiger partial charge in [0.1, 0.15) is 5.82 Å². The number of aliphatic imine (C=N–C) groups is 1.